The molecule has 0 N–H and O–H groups in total. The second-order valence-corrected chi connectivity index (χ2v) is 7.07. The van der Waals surface area contributed by atoms with Crippen LogP contribution in [-0.4, -0.2) is 9.61 Å². The third-order valence-electron chi connectivity index (χ3n) is 4.39. The topological polar surface area (TPSA) is 17.3 Å². The molecule has 0 fully saturated rings. The summed E-state index contributed by atoms with van der Waals surface area (Å²) in [5.74, 6) is 0. The van der Waals surface area contributed by atoms with Crippen molar-refractivity contribution in [1.29, 1.82) is 0 Å². The third-order valence-corrected chi connectivity index (χ3v) is 5.43. The average molecular weight is 314 g/mol. The Bertz CT molecular complexity index is 1180. The molecule has 23 heavy (non-hydrogen) atoms. The molecule has 0 amide bonds. The van der Waals surface area contributed by atoms with Crippen molar-refractivity contribution in [2.45, 2.75) is 6.92 Å². The summed E-state index contributed by atoms with van der Waals surface area (Å²) in [6.45, 7) is 2.16. The normalized spacial score (nSPS) is 11.7. The fourth-order valence-corrected chi connectivity index (χ4v) is 4.31. The summed E-state index contributed by atoms with van der Waals surface area (Å²) in [4.78, 5) is 2.64. The fraction of sp³-hybridized carbons (Fsp3) is 0.0500. The predicted octanol–water partition coefficient (Wildman–Crippen LogP) is 5.68. The molecule has 0 spiro atoms. The van der Waals surface area contributed by atoms with Crippen LogP contribution >= 0.6 is 11.3 Å². The number of fused-ring (bicyclic) bond motifs is 6. The van der Waals surface area contributed by atoms with Gasteiger partial charge in [0.1, 0.15) is 0 Å². The molecule has 5 rings (SSSR count). The zero-order valence-corrected chi connectivity index (χ0v) is 13.5. The summed E-state index contributed by atoms with van der Waals surface area (Å²) >= 11 is 1.84. The average Bonchev–Trinajstić information content (AvgIpc) is 3.23. The number of hydrogen-bond acceptors (Lipinski definition) is 2. The van der Waals surface area contributed by atoms with Crippen LogP contribution in [0.25, 0.3) is 37.6 Å². The maximum atomic E-state index is 4.56. The van der Waals surface area contributed by atoms with E-state index in [2.05, 4.69) is 77.2 Å². The largest absolute Gasteiger partial charge is 0.232 e. The van der Waals surface area contributed by atoms with Gasteiger partial charge in [0.15, 0.2) is 0 Å². The summed E-state index contributed by atoms with van der Waals surface area (Å²) in [7, 11) is 0. The van der Waals surface area contributed by atoms with Gasteiger partial charge in [-0.2, -0.15) is 5.10 Å². The summed E-state index contributed by atoms with van der Waals surface area (Å²) < 4.78 is 2.06. The monoisotopic (exact) mass is 314 g/mol. The number of benzene rings is 2. The van der Waals surface area contributed by atoms with Crippen molar-refractivity contribution < 1.29 is 0 Å². The van der Waals surface area contributed by atoms with Crippen molar-refractivity contribution in [3.05, 3.63) is 71.7 Å². The Morgan fingerprint density at radius 1 is 0.826 bits per heavy atom. The predicted molar refractivity (Wildman–Crippen MR) is 98.3 cm³/mol. The molecular formula is C20H14N2S. The van der Waals surface area contributed by atoms with E-state index in [0.717, 1.165) is 11.0 Å². The van der Waals surface area contributed by atoms with Gasteiger partial charge in [-0.1, -0.05) is 36.4 Å². The first kappa shape index (κ1) is 12.9. The molecule has 0 aliphatic rings. The molecule has 0 unspecified atom stereocenters. The Balaban J connectivity index is 2.07. The van der Waals surface area contributed by atoms with Crippen LogP contribution in [0.2, 0.25) is 0 Å². The summed E-state index contributed by atoms with van der Waals surface area (Å²) in [5.41, 5.74) is 3.61. The summed E-state index contributed by atoms with van der Waals surface area (Å²) in [6, 6.07) is 21.6. The quantitative estimate of drug-likeness (QED) is 0.364. The number of aryl methyl sites for hydroxylation is 1. The van der Waals surface area contributed by atoms with Crippen LogP contribution in [0.5, 0.6) is 0 Å². The van der Waals surface area contributed by atoms with Crippen molar-refractivity contribution in [2.75, 3.05) is 0 Å². The van der Waals surface area contributed by atoms with E-state index < -0.39 is 0 Å². The molecule has 3 heteroatoms. The van der Waals surface area contributed by atoms with Gasteiger partial charge in [0.05, 0.1) is 17.2 Å². The van der Waals surface area contributed by atoms with Crippen LogP contribution in [-0.2, 0) is 0 Å². The van der Waals surface area contributed by atoms with Gasteiger partial charge in [-0.05, 0) is 36.6 Å². The minimum absolute atomic E-state index is 1.16. The maximum Gasteiger partial charge on any atom is 0.0747 e. The van der Waals surface area contributed by atoms with Gasteiger partial charge in [0.2, 0.25) is 0 Å². The van der Waals surface area contributed by atoms with Crippen LogP contribution in [0.1, 0.15) is 4.88 Å². The number of hydrogen-bond donors (Lipinski definition) is 0. The lowest BCUT2D eigenvalue weighted by atomic mass is 9.99. The molecule has 0 aliphatic carbocycles. The van der Waals surface area contributed by atoms with E-state index in [1.54, 1.807) is 0 Å². The fourth-order valence-electron chi connectivity index (χ4n) is 3.41. The molecule has 0 atom stereocenters. The molecular weight excluding hydrogens is 300 g/mol. The maximum absolute atomic E-state index is 4.56. The van der Waals surface area contributed by atoms with E-state index in [1.165, 1.54) is 31.5 Å². The Morgan fingerprint density at radius 2 is 1.70 bits per heavy atom. The van der Waals surface area contributed by atoms with Crippen LogP contribution in [0, 0.1) is 6.92 Å². The lowest BCUT2D eigenvalue weighted by molar-refractivity contribution is 1.01. The zero-order valence-electron chi connectivity index (χ0n) is 12.7. The van der Waals surface area contributed by atoms with E-state index >= 15 is 0 Å². The molecule has 3 heterocycles. The van der Waals surface area contributed by atoms with Crippen LogP contribution in [0.15, 0.2) is 66.9 Å². The molecule has 0 bridgehead atoms. The first-order valence-corrected chi connectivity index (χ1v) is 8.48. The first-order chi connectivity index (χ1) is 11.3. The van der Waals surface area contributed by atoms with E-state index in [0.29, 0.717) is 0 Å². The minimum Gasteiger partial charge on any atom is -0.232 e. The highest BCUT2D eigenvalue weighted by atomic mass is 32.1. The van der Waals surface area contributed by atoms with Crippen molar-refractivity contribution in [2.24, 2.45) is 0 Å². The van der Waals surface area contributed by atoms with Gasteiger partial charge >= 0.3 is 0 Å². The second kappa shape index (κ2) is 4.67. The van der Waals surface area contributed by atoms with E-state index in [9.17, 15) is 0 Å². The van der Waals surface area contributed by atoms with Crippen LogP contribution in [0.3, 0.4) is 0 Å². The molecule has 0 radical (unpaired) electrons. The summed E-state index contributed by atoms with van der Waals surface area (Å²) in [6.07, 6.45) is 1.88. The molecule has 0 saturated carbocycles. The van der Waals surface area contributed by atoms with Crippen LogP contribution < -0.4 is 0 Å². The minimum atomic E-state index is 1.16. The van der Waals surface area contributed by atoms with E-state index in [-0.39, 0.29) is 0 Å². The van der Waals surface area contributed by atoms with Crippen molar-refractivity contribution in [3.63, 3.8) is 0 Å². The molecule has 110 valence electrons. The standard InChI is InChI=1S/C20H14N2S/c1-13-9-10-19(23-13)16-7-4-8-18-20(16)15-6-3-2-5-14(15)17-11-12-21-22(17)18/h2-12H,1H3. The van der Waals surface area contributed by atoms with Gasteiger partial charge in [-0.3, -0.25) is 0 Å². The van der Waals surface area contributed by atoms with Gasteiger partial charge in [0, 0.05) is 26.1 Å². The Morgan fingerprint density at radius 3 is 2.52 bits per heavy atom. The van der Waals surface area contributed by atoms with E-state index in [1.807, 2.05) is 17.5 Å². The first-order valence-electron chi connectivity index (χ1n) is 7.67. The van der Waals surface area contributed by atoms with Gasteiger partial charge < -0.3 is 0 Å². The Kier molecular flexibility index (Phi) is 2.61. The Labute approximate surface area is 137 Å². The molecule has 2 nitrogen and oxygen atoms in total. The SMILES string of the molecule is Cc1ccc(-c2cccc3c2c2ccccc2c2ccnn23)s1. The number of aromatic nitrogens is 2. The molecule has 3 aromatic heterocycles. The van der Waals surface area contributed by atoms with Gasteiger partial charge in [-0.25, -0.2) is 4.52 Å². The lowest BCUT2D eigenvalue weighted by Gasteiger charge is -2.11. The second-order valence-electron chi connectivity index (χ2n) is 5.78. The van der Waals surface area contributed by atoms with Crippen LogP contribution in [0.4, 0.5) is 0 Å². The highest BCUT2D eigenvalue weighted by molar-refractivity contribution is 7.15. The number of pyridine rings is 1. The third kappa shape index (κ3) is 1.77. The number of thiophene rings is 1. The highest BCUT2D eigenvalue weighted by Gasteiger charge is 2.13. The van der Waals surface area contributed by atoms with Crippen molar-refractivity contribution in [1.82, 2.24) is 9.61 Å². The van der Waals surface area contributed by atoms with Crippen molar-refractivity contribution in [3.8, 4) is 10.4 Å². The Hall–Kier alpha value is -2.65. The molecule has 5 aromatic rings. The summed E-state index contributed by atoms with van der Waals surface area (Å²) in [5, 5.41) is 8.37. The van der Waals surface area contributed by atoms with E-state index in [4.69, 9.17) is 0 Å². The number of rotatable bonds is 1. The smallest absolute Gasteiger partial charge is 0.0747 e. The number of nitrogens with zero attached hydrogens (tertiary/aromatic N) is 2. The van der Waals surface area contributed by atoms with Gasteiger partial charge in [-0.15, -0.1) is 11.3 Å². The molecule has 2 aromatic carbocycles. The highest BCUT2D eigenvalue weighted by Crippen LogP contribution is 2.38. The molecule has 0 aliphatic heterocycles. The molecule has 0 saturated heterocycles. The lowest BCUT2D eigenvalue weighted by Crippen LogP contribution is -1.93. The van der Waals surface area contributed by atoms with Gasteiger partial charge in [0.25, 0.3) is 0 Å². The van der Waals surface area contributed by atoms with Crippen molar-refractivity contribution >= 4 is 38.5 Å². The zero-order chi connectivity index (χ0) is 15.4.